The Morgan fingerprint density at radius 2 is 1.75 bits per heavy atom. The fourth-order valence-electron chi connectivity index (χ4n) is 1.36. The highest BCUT2D eigenvalue weighted by Crippen LogP contribution is 2.03. The highest BCUT2D eigenvalue weighted by molar-refractivity contribution is 5.76. The molecule has 0 rings (SSSR count). The Morgan fingerprint density at radius 3 is 2.20 bits per heavy atom. The van der Waals surface area contributed by atoms with E-state index in [4.69, 9.17) is 15.1 Å². The van der Waals surface area contributed by atoms with Crippen molar-refractivity contribution < 1.29 is 38.7 Å². The first-order valence-electron chi connectivity index (χ1n) is 5.88. The van der Waals surface area contributed by atoms with Gasteiger partial charge in [-0.1, -0.05) is 0 Å². The van der Waals surface area contributed by atoms with E-state index in [9.17, 15) is 14.4 Å². The molecule has 0 heterocycles. The van der Waals surface area contributed by atoms with E-state index in [2.05, 4.69) is 10.2 Å². The third kappa shape index (κ3) is 11.4. The lowest BCUT2D eigenvalue weighted by molar-refractivity contribution is -0.873. The number of nitrogens with zero attached hydrogens (tertiary/aromatic N) is 1. The number of quaternary nitrogens is 1. The summed E-state index contributed by atoms with van der Waals surface area (Å²) in [6.07, 6.45) is -0.841. The highest BCUT2D eigenvalue weighted by Gasteiger charge is 2.22. The zero-order chi connectivity index (χ0) is 15.8. The summed E-state index contributed by atoms with van der Waals surface area (Å²) in [6, 6.07) is 0. The molecule has 0 aromatic rings. The second kappa shape index (κ2) is 8.46. The summed E-state index contributed by atoms with van der Waals surface area (Å²) in [5.74, 6) is -3.07. The molecule has 1 atom stereocenters. The number of ether oxygens (including phenoxy) is 1. The topological polar surface area (TPSA) is 122 Å². The lowest BCUT2D eigenvalue weighted by Crippen LogP contribution is -2.45. The van der Waals surface area contributed by atoms with Gasteiger partial charge in [-0.3, -0.25) is 14.4 Å². The molecule has 0 radical (unpaired) electrons. The Balaban J connectivity index is 4.09. The molecule has 0 aromatic carbocycles. The second-order valence-electron chi connectivity index (χ2n) is 5.19. The number of nitrogens with one attached hydrogen (secondary N) is 1. The van der Waals surface area contributed by atoms with Gasteiger partial charge in [-0.05, 0) is 0 Å². The van der Waals surface area contributed by atoms with Gasteiger partial charge in [-0.25, -0.2) is 4.79 Å². The average Bonchev–Trinajstić information content (AvgIpc) is 2.23. The van der Waals surface area contributed by atoms with Crippen LogP contribution in [0.3, 0.4) is 0 Å². The Hall–Kier alpha value is -1.71. The molecule has 20 heavy (non-hydrogen) atoms. The molecule has 0 spiro atoms. The van der Waals surface area contributed by atoms with Crippen molar-refractivity contribution in [1.29, 1.82) is 0 Å². The van der Waals surface area contributed by atoms with Crippen LogP contribution in [0.4, 0.5) is 0 Å². The van der Waals surface area contributed by atoms with E-state index in [1.165, 1.54) is 0 Å². The SMILES string of the molecule is C[N+](C)(C)C[C@@H](CC(=O)O)ONCC(=O)OCC(=O)O. The molecule has 9 nitrogen and oxygen atoms in total. The normalized spacial score (nSPS) is 12.8. The first-order valence-corrected chi connectivity index (χ1v) is 5.88. The minimum Gasteiger partial charge on any atom is -0.481 e. The Bertz CT molecular complexity index is 351. The number of esters is 1. The Kier molecular flexibility index (Phi) is 7.74. The number of hydrogen-bond acceptors (Lipinski definition) is 6. The third-order valence-electron chi connectivity index (χ3n) is 1.98. The molecule has 0 aliphatic heterocycles. The van der Waals surface area contributed by atoms with Gasteiger partial charge in [0.15, 0.2) is 6.61 Å². The van der Waals surface area contributed by atoms with Crippen molar-refractivity contribution in [1.82, 2.24) is 5.48 Å². The first-order chi connectivity index (χ1) is 9.10. The smallest absolute Gasteiger partial charge is 0.341 e. The monoisotopic (exact) mass is 293 g/mol. The van der Waals surface area contributed by atoms with E-state index < -0.39 is 30.6 Å². The van der Waals surface area contributed by atoms with Crippen LogP contribution in [0, 0.1) is 0 Å². The summed E-state index contributed by atoms with van der Waals surface area (Å²) < 4.78 is 4.86. The maximum Gasteiger partial charge on any atom is 0.341 e. The molecule has 9 heteroatoms. The first kappa shape index (κ1) is 18.3. The number of likely N-dealkylation sites (N-methyl/N-ethyl adjacent to an activating group) is 1. The van der Waals surface area contributed by atoms with Crippen LogP contribution in [0.15, 0.2) is 0 Å². The molecule has 3 N–H and O–H groups in total. The minimum absolute atomic E-state index is 0.216. The Morgan fingerprint density at radius 1 is 1.15 bits per heavy atom. The number of aliphatic carboxylic acids is 2. The molecule has 0 bridgehead atoms. The van der Waals surface area contributed by atoms with Gasteiger partial charge in [-0.15, -0.1) is 0 Å². The summed E-state index contributed by atoms with van der Waals surface area (Å²) >= 11 is 0. The largest absolute Gasteiger partial charge is 0.481 e. The van der Waals surface area contributed by atoms with Crippen molar-refractivity contribution in [3.05, 3.63) is 0 Å². The molecular weight excluding hydrogens is 272 g/mol. The van der Waals surface area contributed by atoms with Gasteiger partial charge < -0.3 is 19.4 Å². The maximum absolute atomic E-state index is 11.1. The van der Waals surface area contributed by atoms with Gasteiger partial charge in [0.1, 0.15) is 19.2 Å². The number of hydroxylamine groups is 1. The van der Waals surface area contributed by atoms with Gasteiger partial charge in [0.05, 0.1) is 27.6 Å². The summed E-state index contributed by atoms with van der Waals surface area (Å²) in [7, 11) is 5.62. The molecule has 116 valence electrons. The van der Waals surface area contributed by atoms with Crippen LogP contribution in [0.25, 0.3) is 0 Å². The van der Waals surface area contributed by atoms with Crippen molar-refractivity contribution >= 4 is 17.9 Å². The van der Waals surface area contributed by atoms with E-state index >= 15 is 0 Å². The number of rotatable bonds is 10. The third-order valence-corrected chi connectivity index (χ3v) is 1.98. The van der Waals surface area contributed by atoms with E-state index in [1.807, 2.05) is 21.1 Å². The van der Waals surface area contributed by atoms with Crippen LogP contribution < -0.4 is 5.48 Å². The van der Waals surface area contributed by atoms with Crippen LogP contribution in [0.1, 0.15) is 6.42 Å². The molecule has 0 aliphatic rings. The molecule has 0 fully saturated rings. The Labute approximate surface area is 116 Å². The summed E-state index contributed by atoms with van der Waals surface area (Å²) in [5, 5.41) is 17.1. The zero-order valence-electron chi connectivity index (χ0n) is 11.8. The average molecular weight is 293 g/mol. The number of carbonyl (C=O) groups excluding carboxylic acids is 1. The van der Waals surface area contributed by atoms with Gasteiger partial charge in [0.2, 0.25) is 0 Å². The van der Waals surface area contributed by atoms with E-state index in [0.717, 1.165) is 0 Å². The number of carboxylic acid groups (broad SMARTS) is 2. The molecule has 0 unspecified atom stereocenters. The van der Waals surface area contributed by atoms with Crippen molar-refractivity contribution in [2.75, 3.05) is 40.8 Å². The highest BCUT2D eigenvalue weighted by atomic mass is 16.7. The number of carboxylic acids is 2. The van der Waals surface area contributed by atoms with Gasteiger partial charge in [0, 0.05) is 0 Å². The molecule has 0 aromatic heterocycles. The second-order valence-corrected chi connectivity index (χ2v) is 5.19. The van der Waals surface area contributed by atoms with E-state index in [1.54, 1.807) is 0 Å². The standard InChI is InChI=1S/C11H20N2O7/c1-13(2,3)6-8(4-9(14)15)20-12-5-11(18)19-7-10(16)17/h8,12H,4-7H2,1-3H3,(H-,14,15,16,17)/p+1/t8-/m1/s1. The van der Waals surface area contributed by atoms with Gasteiger partial charge in [0.25, 0.3) is 0 Å². The van der Waals surface area contributed by atoms with Crippen LogP contribution in [0.5, 0.6) is 0 Å². The predicted octanol–water partition coefficient (Wildman–Crippen LogP) is -1.32. The summed E-state index contributed by atoms with van der Waals surface area (Å²) in [5.41, 5.74) is 2.30. The molecule has 0 amide bonds. The zero-order valence-corrected chi connectivity index (χ0v) is 11.8. The molecule has 0 saturated carbocycles. The molecule has 0 saturated heterocycles. The van der Waals surface area contributed by atoms with Crippen LogP contribution >= 0.6 is 0 Å². The molecular formula is C11H21N2O7+. The van der Waals surface area contributed by atoms with Crippen molar-refractivity contribution in [3.8, 4) is 0 Å². The van der Waals surface area contributed by atoms with E-state index in [0.29, 0.717) is 11.0 Å². The lowest BCUT2D eigenvalue weighted by Gasteiger charge is -2.28. The van der Waals surface area contributed by atoms with Crippen LogP contribution in [-0.2, 0) is 24.0 Å². The quantitative estimate of drug-likeness (QED) is 0.258. The summed E-state index contributed by atoms with van der Waals surface area (Å²) in [4.78, 5) is 37.1. The van der Waals surface area contributed by atoms with Crippen LogP contribution in [0.2, 0.25) is 0 Å². The fourth-order valence-corrected chi connectivity index (χ4v) is 1.36. The van der Waals surface area contributed by atoms with Gasteiger partial charge in [-0.2, -0.15) is 5.48 Å². The fraction of sp³-hybridized carbons (Fsp3) is 0.727. The predicted molar refractivity (Wildman–Crippen MR) is 66.6 cm³/mol. The minimum atomic E-state index is -1.26. The number of carbonyl (C=O) groups is 3. The van der Waals surface area contributed by atoms with Crippen molar-refractivity contribution in [2.24, 2.45) is 0 Å². The molecule has 0 aliphatic carbocycles. The summed E-state index contributed by atoms with van der Waals surface area (Å²) in [6.45, 7) is -0.665. The lowest BCUT2D eigenvalue weighted by atomic mass is 10.2. The van der Waals surface area contributed by atoms with Crippen molar-refractivity contribution in [3.63, 3.8) is 0 Å². The number of hydrogen-bond donors (Lipinski definition) is 3. The van der Waals surface area contributed by atoms with Crippen LogP contribution in [-0.4, -0.2) is 79.5 Å². The van der Waals surface area contributed by atoms with Crippen molar-refractivity contribution in [2.45, 2.75) is 12.5 Å². The van der Waals surface area contributed by atoms with E-state index in [-0.39, 0.29) is 13.0 Å². The maximum atomic E-state index is 11.1. The van der Waals surface area contributed by atoms with Gasteiger partial charge >= 0.3 is 17.9 Å².